The van der Waals surface area contributed by atoms with Gasteiger partial charge in [0.05, 0.1) is 27.7 Å². The van der Waals surface area contributed by atoms with Gasteiger partial charge in [0.2, 0.25) is 0 Å². The fourth-order valence-corrected chi connectivity index (χ4v) is 4.39. The van der Waals surface area contributed by atoms with Crippen LogP contribution in [-0.4, -0.2) is 32.1 Å². The van der Waals surface area contributed by atoms with Gasteiger partial charge in [-0.3, -0.25) is 0 Å². The van der Waals surface area contributed by atoms with Crippen LogP contribution >= 0.6 is 15.9 Å². The zero-order valence-corrected chi connectivity index (χ0v) is 11.4. The van der Waals surface area contributed by atoms with Crippen LogP contribution in [0.15, 0.2) is 22.7 Å². The highest BCUT2D eigenvalue weighted by Gasteiger charge is 2.38. The summed E-state index contributed by atoms with van der Waals surface area (Å²) >= 11 is 3.44. The average molecular weight is 318 g/mol. The summed E-state index contributed by atoms with van der Waals surface area (Å²) in [6, 6.07) is 5.59. The predicted octanol–water partition coefficient (Wildman–Crippen LogP) is 1.81. The lowest BCUT2D eigenvalue weighted by Gasteiger charge is -2.38. The fourth-order valence-electron chi connectivity index (χ4n) is 2.33. The van der Waals surface area contributed by atoms with Crippen molar-refractivity contribution in [1.29, 1.82) is 0 Å². The summed E-state index contributed by atoms with van der Waals surface area (Å²) in [6.07, 6.45) is 0.505. The van der Waals surface area contributed by atoms with Crippen LogP contribution in [0.4, 0.5) is 5.69 Å². The Hall–Kier alpha value is -0.750. The SMILES string of the molecule is O=S1(=O)CCC2Oc3c(Br)cccc3NC2C1. The van der Waals surface area contributed by atoms with E-state index >= 15 is 0 Å². The van der Waals surface area contributed by atoms with E-state index in [0.717, 1.165) is 15.9 Å². The Morgan fingerprint density at radius 3 is 3.06 bits per heavy atom. The van der Waals surface area contributed by atoms with E-state index in [1.165, 1.54) is 0 Å². The third kappa shape index (κ3) is 2.04. The molecule has 2 unspecified atom stereocenters. The molecular weight excluding hydrogens is 306 g/mol. The standard InChI is InChI=1S/C11H12BrNO3S/c12-7-2-1-3-8-11(7)16-10-4-5-17(14,15)6-9(10)13-8/h1-3,9-10,13H,4-6H2. The molecular formula is C11H12BrNO3S. The van der Waals surface area contributed by atoms with Crippen molar-refractivity contribution < 1.29 is 13.2 Å². The summed E-state index contributed by atoms with van der Waals surface area (Å²) in [5, 5.41) is 3.26. The molecule has 0 saturated carbocycles. The van der Waals surface area contributed by atoms with E-state index in [1.54, 1.807) is 0 Å². The minimum Gasteiger partial charge on any atom is -0.485 e. The summed E-state index contributed by atoms with van der Waals surface area (Å²) in [7, 11) is -2.92. The number of halogens is 1. The number of hydrogen-bond acceptors (Lipinski definition) is 4. The summed E-state index contributed by atoms with van der Waals surface area (Å²) < 4.78 is 29.9. The Labute approximate surface area is 108 Å². The van der Waals surface area contributed by atoms with Crippen LogP contribution in [0.2, 0.25) is 0 Å². The molecule has 4 nitrogen and oxygen atoms in total. The molecule has 3 rings (SSSR count). The van der Waals surface area contributed by atoms with E-state index in [9.17, 15) is 8.42 Å². The summed E-state index contributed by atoms with van der Waals surface area (Å²) in [6.45, 7) is 0. The van der Waals surface area contributed by atoms with Gasteiger partial charge in [0.15, 0.2) is 15.6 Å². The van der Waals surface area contributed by atoms with Crippen molar-refractivity contribution in [3.05, 3.63) is 22.7 Å². The molecule has 0 bridgehead atoms. The lowest BCUT2D eigenvalue weighted by atomic mass is 10.1. The monoisotopic (exact) mass is 317 g/mol. The van der Waals surface area contributed by atoms with Crippen LogP contribution < -0.4 is 10.1 Å². The molecule has 2 aliphatic rings. The summed E-state index contributed by atoms with van der Waals surface area (Å²) in [5.74, 6) is 1.16. The first-order valence-electron chi connectivity index (χ1n) is 5.47. The second kappa shape index (κ2) is 3.88. The Morgan fingerprint density at radius 2 is 2.24 bits per heavy atom. The van der Waals surface area contributed by atoms with Crippen molar-refractivity contribution in [2.24, 2.45) is 0 Å². The maximum atomic E-state index is 11.6. The maximum absolute atomic E-state index is 11.6. The van der Waals surface area contributed by atoms with E-state index in [2.05, 4.69) is 21.2 Å². The van der Waals surface area contributed by atoms with Gasteiger partial charge in [-0.1, -0.05) is 6.07 Å². The molecule has 0 amide bonds. The van der Waals surface area contributed by atoms with Crippen molar-refractivity contribution in [2.75, 3.05) is 16.8 Å². The van der Waals surface area contributed by atoms with E-state index in [1.807, 2.05) is 18.2 Å². The molecule has 92 valence electrons. The van der Waals surface area contributed by atoms with Gasteiger partial charge in [0, 0.05) is 6.42 Å². The topological polar surface area (TPSA) is 55.4 Å². The molecule has 6 heteroatoms. The lowest BCUT2D eigenvalue weighted by molar-refractivity contribution is 0.166. The van der Waals surface area contributed by atoms with Crippen LogP contribution in [0.25, 0.3) is 0 Å². The molecule has 2 heterocycles. The quantitative estimate of drug-likeness (QED) is 0.793. The molecule has 1 saturated heterocycles. The smallest absolute Gasteiger partial charge is 0.157 e. The van der Waals surface area contributed by atoms with Crippen molar-refractivity contribution in [1.82, 2.24) is 0 Å². The third-order valence-corrected chi connectivity index (χ3v) is 5.52. The molecule has 0 radical (unpaired) electrons. The minimum atomic E-state index is -2.92. The van der Waals surface area contributed by atoms with Crippen molar-refractivity contribution >= 4 is 31.5 Å². The predicted molar refractivity (Wildman–Crippen MR) is 69.2 cm³/mol. The molecule has 17 heavy (non-hydrogen) atoms. The van der Waals surface area contributed by atoms with E-state index in [-0.39, 0.29) is 23.7 Å². The number of sulfone groups is 1. The van der Waals surface area contributed by atoms with E-state index < -0.39 is 9.84 Å². The molecule has 1 aromatic carbocycles. The van der Waals surface area contributed by atoms with E-state index in [0.29, 0.717) is 6.42 Å². The highest BCUT2D eigenvalue weighted by atomic mass is 79.9. The highest BCUT2D eigenvalue weighted by Crippen LogP contribution is 2.39. The summed E-state index contributed by atoms with van der Waals surface area (Å²) in [4.78, 5) is 0. The van der Waals surface area contributed by atoms with Gasteiger partial charge in [0.25, 0.3) is 0 Å². The first-order chi connectivity index (χ1) is 8.05. The van der Waals surface area contributed by atoms with Crippen LogP contribution in [-0.2, 0) is 9.84 Å². The molecule has 1 aromatic rings. The van der Waals surface area contributed by atoms with E-state index in [4.69, 9.17) is 4.74 Å². The number of rotatable bonds is 0. The van der Waals surface area contributed by atoms with Crippen LogP contribution in [0.3, 0.4) is 0 Å². The van der Waals surface area contributed by atoms with Gasteiger partial charge in [-0.05, 0) is 28.1 Å². The molecule has 0 aromatic heterocycles. The van der Waals surface area contributed by atoms with Gasteiger partial charge in [-0.2, -0.15) is 0 Å². The minimum absolute atomic E-state index is 0.0512. The van der Waals surface area contributed by atoms with Crippen LogP contribution in [0.1, 0.15) is 6.42 Å². The van der Waals surface area contributed by atoms with Crippen molar-refractivity contribution in [3.63, 3.8) is 0 Å². The zero-order chi connectivity index (χ0) is 12.0. The fraction of sp³-hybridized carbons (Fsp3) is 0.455. The first kappa shape index (κ1) is 11.3. The molecule has 2 atom stereocenters. The van der Waals surface area contributed by atoms with Gasteiger partial charge >= 0.3 is 0 Å². The Kier molecular flexibility index (Phi) is 2.59. The Morgan fingerprint density at radius 1 is 1.41 bits per heavy atom. The molecule has 0 spiro atoms. The molecule has 1 N–H and O–H groups in total. The third-order valence-electron chi connectivity index (χ3n) is 3.17. The average Bonchev–Trinajstić information content (AvgIpc) is 2.26. The first-order valence-corrected chi connectivity index (χ1v) is 8.09. The van der Waals surface area contributed by atoms with Crippen molar-refractivity contribution in [2.45, 2.75) is 18.6 Å². The zero-order valence-electron chi connectivity index (χ0n) is 9.02. The number of nitrogens with one attached hydrogen (secondary N) is 1. The highest BCUT2D eigenvalue weighted by molar-refractivity contribution is 9.10. The Bertz CT molecular complexity index is 558. The lowest BCUT2D eigenvalue weighted by Crippen LogP contribution is -2.50. The second-order valence-corrected chi connectivity index (χ2v) is 7.51. The number of fused-ring (bicyclic) bond motifs is 2. The molecule has 1 fully saturated rings. The van der Waals surface area contributed by atoms with Gasteiger partial charge in [0.1, 0.15) is 6.10 Å². The number of anilines is 1. The van der Waals surface area contributed by atoms with Gasteiger partial charge in [-0.15, -0.1) is 0 Å². The maximum Gasteiger partial charge on any atom is 0.157 e. The van der Waals surface area contributed by atoms with Gasteiger partial charge in [-0.25, -0.2) is 8.42 Å². The van der Waals surface area contributed by atoms with Crippen molar-refractivity contribution in [3.8, 4) is 5.75 Å². The number of hydrogen-bond donors (Lipinski definition) is 1. The summed E-state index contributed by atoms with van der Waals surface area (Å²) in [5.41, 5.74) is 0.859. The number of para-hydroxylation sites is 1. The second-order valence-electron chi connectivity index (χ2n) is 4.43. The van der Waals surface area contributed by atoms with Crippen LogP contribution in [0, 0.1) is 0 Å². The Balaban J connectivity index is 1.95. The largest absolute Gasteiger partial charge is 0.485 e. The molecule has 2 aliphatic heterocycles. The van der Waals surface area contributed by atoms with Crippen LogP contribution in [0.5, 0.6) is 5.75 Å². The number of benzene rings is 1. The number of ether oxygens (including phenoxy) is 1. The normalized spacial score (nSPS) is 29.5. The molecule has 0 aliphatic carbocycles. The van der Waals surface area contributed by atoms with Gasteiger partial charge < -0.3 is 10.1 Å².